The molecule has 0 aliphatic carbocycles. The Hall–Kier alpha value is -4.30. The lowest BCUT2D eigenvalue weighted by molar-refractivity contribution is -0.138. The van der Waals surface area contributed by atoms with Crippen molar-refractivity contribution in [2.45, 2.75) is 13.0 Å². The van der Waals surface area contributed by atoms with Gasteiger partial charge in [-0.25, -0.2) is 14.2 Å². The van der Waals surface area contributed by atoms with Gasteiger partial charge in [-0.15, -0.1) is 0 Å². The van der Waals surface area contributed by atoms with Crippen LogP contribution in [0.2, 0.25) is 0 Å². The van der Waals surface area contributed by atoms with E-state index in [4.69, 9.17) is 14.5 Å². The lowest BCUT2D eigenvalue weighted by Gasteiger charge is -2.25. The molecule has 0 bridgehead atoms. The van der Waals surface area contributed by atoms with Crippen molar-refractivity contribution in [3.63, 3.8) is 0 Å². The smallest absolute Gasteiger partial charge is 0.338 e. The average molecular weight is 515 g/mol. The van der Waals surface area contributed by atoms with E-state index in [0.29, 0.717) is 31.9 Å². The van der Waals surface area contributed by atoms with E-state index in [0.717, 1.165) is 5.56 Å². The Morgan fingerprint density at radius 2 is 1.76 bits per heavy atom. The number of esters is 1. The molecule has 0 radical (unpaired) electrons. The zero-order chi connectivity index (χ0) is 25.9. The molecule has 2 heterocycles. The van der Waals surface area contributed by atoms with E-state index in [1.54, 1.807) is 32.2 Å². The van der Waals surface area contributed by atoms with E-state index >= 15 is 0 Å². The Labute approximate surface area is 216 Å². The summed E-state index contributed by atoms with van der Waals surface area (Å²) >= 11 is 1.23. The van der Waals surface area contributed by atoms with Gasteiger partial charge in [0.2, 0.25) is 0 Å². The van der Waals surface area contributed by atoms with Crippen LogP contribution in [0, 0.1) is 5.82 Å². The third kappa shape index (κ3) is 4.75. The molecule has 0 amide bonds. The van der Waals surface area contributed by atoms with Gasteiger partial charge in [-0.2, -0.15) is 0 Å². The van der Waals surface area contributed by atoms with Gasteiger partial charge >= 0.3 is 5.97 Å². The van der Waals surface area contributed by atoms with Crippen molar-refractivity contribution in [2.75, 3.05) is 13.7 Å². The first kappa shape index (κ1) is 24.4. The van der Waals surface area contributed by atoms with Crippen LogP contribution in [0.25, 0.3) is 11.8 Å². The van der Waals surface area contributed by atoms with Crippen LogP contribution in [0.4, 0.5) is 4.39 Å². The number of methoxy groups -OCH3 is 1. The molecule has 1 aliphatic heterocycles. The number of rotatable bonds is 6. The fourth-order valence-electron chi connectivity index (χ4n) is 4.25. The number of thiazole rings is 1. The summed E-state index contributed by atoms with van der Waals surface area (Å²) in [5.41, 5.74) is 2.45. The van der Waals surface area contributed by atoms with Crippen molar-refractivity contribution in [3.05, 3.63) is 127 Å². The molecule has 0 unspecified atom stereocenters. The Kier molecular flexibility index (Phi) is 6.83. The van der Waals surface area contributed by atoms with Crippen LogP contribution in [-0.4, -0.2) is 24.3 Å². The number of benzene rings is 3. The number of aromatic nitrogens is 1. The number of halogens is 1. The molecule has 0 saturated heterocycles. The summed E-state index contributed by atoms with van der Waals surface area (Å²) in [7, 11) is 1.59. The molecule has 1 aliphatic rings. The predicted octanol–water partition coefficient (Wildman–Crippen LogP) is 4.08. The maximum atomic E-state index is 13.8. The molecular formula is C29H23FN2O4S. The zero-order valence-corrected chi connectivity index (χ0v) is 21.0. The molecule has 4 aromatic rings. The number of hydrogen-bond acceptors (Lipinski definition) is 6. The van der Waals surface area contributed by atoms with Crippen LogP contribution in [-0.2, 0) is 9.53 Å². The SMILES string of the molecule is CCOC(=O)C1=C(c2ccccc2)N=c2s/c(=C\c3ccc(OC)cc3)c(=O)n2[C@@H]1c1ccc(F)cc1. The third-order valence-electron chi connectivity index (χ3n) is 5.97. The standard InChI is InChI=1S/C29H23FN2O4S/c1-3-36-28(34)24-25(19-7-5-4-6-8-19)31-29-32(26(24)20-11-13-21(30)14-12-20)27(33)23(37-29)17-18-9-15-22(35-2)16-10-18/h4-17,26H,3H2,1-2H3/b23-17-/t26-/m1/s1. The molecule has 0 fully saturated rings. The van der Waals surface area contributed by atoms with Crippen molar-refractivity contribution >= 4 is 29.1 Å². The second-order valence-electron chi connectivity index (χ2n) is 8.26. The summed E-state index contributed by atoms with van der Waals surface area (Å²) in [6.45, 7) is 1.88. The number of fused-ring (bicyclic) bond motifs is 1. The van der Waals surface area contributed by atoms with Gasteiger partial charge in [0.15, 0.2) is 4.80 Å². The van der Waals surface area contributed by atoms with Crippen molar-refractivity contribution in [1.29, 1.82) is 0 Å². The maximum Gasteiger partial charge on any atom is 0.338 e. The van der Waals surface area contributed by atoms with Gasteiger partial charge in [-0.3, -0.25) is 9.36 Å². The Balaban J connectivity index is 1.80. The fraction of sp³-hybridized carbons (Fsp3) is 0.138. The maximum absolute atomic E-state index is 13.8. The minimum absolute atomic E-state index is 0.155. The van der Waals surface area contributed by atoms with Gasteiger partial charge in [0.1, 0.15) is 11.6 Å². The van der Waals surface area contributed by atoms with Gasteiger partial charge in [-0.05, 0) is 48.4 Å². The van der Waals surface area contributed by atoms with Gasteiger partial charge in [0, 0.05) is 5.56 Å². The topological polar surface area (TPSA) is 69.9 Å². The molecule has 1 atom stereocenters. The van der Waals surface area contributed by atoms with Crippen molar-refractivity contribution in [3.8, 4) is 5.75 Å². The number of hydrogen-bond donors (Lipinski definition) is 0. The van der Waals surface area contributed by atoms with Gasteiger partial charge in [-0.1, -0.05) is 65.9 Å². The average Bonchev–Trinajstić information content (AvgIpc) is 3.23. The monoisotopic (exact) mass is 514 g/mol. The molecule has 0 saturated carbocycles. The van der Waals surface area contributed by atoms with Crippen LogP contribution >= 0.6 is 11.3 Å². The van der Waals surface area contributed by atoms with Crippen molar-refractivity contribution in [2.24, 2.45) is 4.99 Å². The minimum Gasteiger partial charge on any atom is -0.497 e. The van der Waals surface area contributed by atoms with E-state index in [1.165, 1.54) is 28.0 Å². The van der Waals surface area contributed by atoms with E-state index in [1.807, 2.05) is 54.6 Å². The van der Waals surface area contributed by atoms with E-state index in [9.17, 15) is 14.0 Å². The summed E-state index contributed by atoms with van der Waals surface area (Å²) in [6, 6.07) is 21.6. The third-order valence-corrected chi connectivity index (χ3v) is 6.96. The quantitative estimate of drug-likeness (QED) is 0.364. The van der Waals surface area contributed by atoms with Gasteiger partial charge in [0.25, 0.3) is 5.56 Å². The first-order valence-corrected chi connectivity index (χ1v) is 12.5. The fourth-order valence-corrected chi connectivity index (χ4v) is 5.25. The second kappa shape index (κ2) is 10.4. The van der Waals surface area contributed by atoms with Crippen molar-refractivity contribution < 1.29 is 18.7 Å². The zero-order valence-electron chi connectivity index (χ0n) is 20.2. The summed E-state index contributed by atoms with van der Waals surface area (Å²) in [5, 5.41) is 0. The first-order valence-electron chi connectivity index (χ1n) is 11.7. The number of carbonyl (C=O) groups is 1. The summed E-state index contributed by atoms with van der Waals surface area (Å²) < 4.78 is 26.4. The van der Waals surface area contributed by atoms with Gasteiger partial charge in [0.05, 0.1) is 35.6 Å². The van der Waals surface area contributed by atoms with E-state index in [2.05, 4.69) is 0 Å². The molecule has 1 aromatic heterocycles. The number of nitrogens with zero attached hydrogens (tertiary/aromatic N) is 2. The lowest BCUT2D eigenvalue weighted by atomic mass is 9.93. The molecule has 5 rings (SSSR count). The normalized spacial score (nSPS) is 15.2. The van der Waals surface area contributed by atoms with Crippen molar-refractivity contribution in [1.82, 2.24) is 4.57 Å². The highest BCUT2D eigenvalue weighted by Crippen LogP contribution is 2.35. The largest absolute Gasteiger partial charge is 0.497 e. The molecule has 37 heavy (non-hydrogen) atoms. The highest BCUT2D eigenvalue weighted by atomic mass is 32.1. The molecular weight excluding hydrogens is 491 g/mol. The number of ether oxygens (including phenoxy) is 2. The van der Waals surface area contributed by atoms with E-state index < -0.39 is 17.8 Å². The molecule has 6 nitrogen and oxygen atoms in total. The Bertz CT molecular complexity index is 1650. The molecule has 0 spiro atoms. The van der Waals surface area contributed by atoms with Crippen LogP contribution in [0.3, 0.4) is 0 Å². The Morgan fingerprint density at radius 3 is 2.41 bits per heavy atom. The number of carbonyl (C=O) groups excluding carboxylic acids is 1. The van der Waals surface area contributed by atoms with Crippen LogP contribution in [0.15, 0.2) is 94.2 Å². The predicted molar refractivity (Wildman–Crippen MR) is 140 cm³/mol. The molecule has 8 heteroatoms. The highest BCUT2D eigenvalue weighted by molar-refractivity contribution is 7.07. The van der Waals surface area contributed by atoms with Crippen LogP contribution in [0.5, 0.6) is 5.75 Å². The summed E-state index contributed by atoms with van der Waals surface area (Å²) in [6.07, 6.45) is 1.78. The Morgan fingerprint density at radius 1 is 1.05 bits per heavy atom. The van der Waals surface area contributed by atoms with Crippen LogP contribution in [0.1, 0.15) is 29.7 Å². The molecule has 3 aromatic carbocycles. The minimum atomic E-state index is -0.843. The van der Waals surface area contributed by atoms with Crippen LogP contribution < -0.4 is 19.6 Å². The molecule has 0 N–H and O–H groups in total. The van der Waals surface area contributed by atoms with E-state index in [-0.39, 0.29) is 17.7 Å². The summed E-state index contributed by atoms with van der Waals surface area (Å²) in [5.74, 6) is -0.286. The van der Waals surface area contributed by atoms with Gasteiger partial charge < -0.3 is 9.47 Å². The summed E-state index contributed by atoms with van der Waals surface area (Å²) in [4.78, 5) is 32.4. The lowest BCUT2D eigenvalue weighted by Crippen LogP contribution is -2.40. The molecule has 186 valence electrons. The second-order valence-corrected chi connectivity index (χ2v) is 9.27. The highest BCUT2D eigenvalue weighted by Gasteiger charge is 2.35. The first-order chi connectivity index (χ1) is 18.0.